The summed E-state index contributed by atoms with van der Waals surface area (Å²) in [6.07, 6.45) is 6.15. The lowest BCUT2D eigenvalue weighted by Crippen LogP contribution is -2.30. The lowest BCUT2D eigenvalue weighted by molar-refractivity contribution is 0.252. The molecule has 1 aromatic heterocycles. The van der Waals surface area contributed by atoms with Crippen LogP contribution in [0.3, 0.4) is 0 Å². The first-order chi connectivity index (χ1) is 11.2. The second-order valence-electron chi connectivity index (χ2n) is 5.67. The number of hydrogen-bond donors (Lipinski definition) is 2. The van der Waals surface area contributed by atoms with E-state index in [2.05, 4.69) is 15.6 Å². The molecule has 1 aliphatic carbocycles. The number of nitrogens with one attached hydrogen (secondary N) is 2. The first-order valence-electron chi connectivity index (χ1n) is 7.99. The number of thiazole rings is 1. The van der Waals surface area contributed by atoms with Gasteiger partial charge >= 0.3 is 6.03 Å². The third-order valence-electron chi connectivity index (χ3n) is 3.95. The van der Waals surface area contributed by atoms with Crippen LogP contribution in [0.25, 0.3) is 0 Å². The Morgan fingerprint density at radius 2 is 2.04 bits per heavy atom. The molecule has 0 saturated carbocycles. The molecule has 0 unspecified atom stereocenters. The van der Waals surface area contributed by atoms with Gasteiger partial charge in [0.25, 0.3) is 0 Å². The highest BCUT2D eigenvalue weighted by atomic mass is 32.1. The van der Waals surface area contributed by atoms with Crippen molar-refractivity contribution in [3.8, 4) is 0 Å². The molecule has 2 amide bonds. The third kappa shape index (κ3) is 4.28. The van der Waals surface area contributed by atoms with Crippen LogP contribution in [0.15, 0.2) is 24.3 Å². The number of anilines is 1. The maximum atomic E-state index is 13.5. The van der Waals surface area contributed by atoms with Gasteiger partial charge in [0, 0.05) is 11.4 Å². The second-order valence-corrected chi connectivity index (χ2v) is 6.76. The first-order valence-corrected chi connectivity index (χ1v) is 8.81. The van der Waals surface area contributed by atoms with Gasteiger partial charge in [0.1, 0.15) is 5.82 Å². The lowest BCUT2D eigenvalue weighted by atomic mass is 10.1. The Morgan fingerprint density at radius 3 is 2.91 bits per heavy atom. The average Bonchev–Trinajstić information content (AvgIpc) is 2.77. The zero-order chi connectivity index (χ0) is 16.1. The van der Waals surface area contributed by atoms with Crippen LogP contribution >= 0.6 is 11.3 Å². The van der Waals surface area contributed by atoms with Crippen molar-refractivity contribution in [1.29, 1.82) is 0 Å². The maximum Gasteiger partial charge on any atom is 0.321 e. The van der Waals surface area contributed by atoms with Crippen LogP contribution < -0.4 is 10.6 Å². The molecular weight excluding hydrogens is 313 g/mol. The fourth-order valence-corrected chi connectivity index (χ4v) is 3.78. The van der Waals surface area contributed by atoms with Gasteiger partial charge in [-0.05, 0) is 43.7 Å². The largest absolute Gasteiger partial charge is 0.337 e. The number of carbonyl (C=O) groups excluding carboxylic acids is 1. The molecule has 0 saturated heterocycles. The van der Waals surface area contributed by atoms with Crippen LogP contribution in [0.5, 0.6) is 0 Å². The Kier molecular flexibility index (Phi) is 5.23. The molecule has 122 valence electrons. The molecule has 2 aromatic rings. The van der Waals surface area contributed by atoms with Crippen molar-refractivity contribution in [2.45, 2.75) is 38.5 Å². The van der Waals surface area contributed by atoms with E-state index in [0.717, 1.165) is 18.5 Å². The Hall–Kier alpha value is -1.95. The van der Waals surface area contributed by atoms with Gasteiger partial charge in [-0.25, -0.2) is 14.2 Å². The number of halogens is 1. The van der Waals surface area contributed by atoms with Gasteiger partial charge in [0.15, 0.2) is 5.13 Å². The average molecular weight is 333 g/mol. The summed E-state index contributed by atoms with van der Waals surface area (Å²) in [7, 11) is 0. The quantitative estimate of drug-likeness (QED) is 0.833. The smallest absolute Gasteiger partial charge is 0.321 e. The van der Waals surface area contributed by atoms with Crippen molar-refractivity contribution in [3.05, 3.63) is 46.2 Å². The fourth-order valence-electron chi connectivity index (χ4n) is 2.74. The van der Waals surface area contributed by atoms with E-state index in [1.165, 1.54) is 30.2 Å². The van der Waals surface area contributed by atoms with Crippen molar-refractivity contribution in [3.63, 3.8) is 0 Å². The summed E-state index contributed by atoms with van der Waals surface area (Å²) in [5.41, 5.74) is 1.74. The number of aryl methyl sites for hydroxylation is 2. The highest BCUT2D eigenvalue weighted by molar-refractivity contribution is 7.15. The molecule has 0 spiro atoms. The van der Waals surface area contributed by atoms with Gasteiger partial charge in [-0.2, -0.15) is 0 Å². The number of aromatic nitrogens is 1. The van der Waals surface area contributed by atoms with Crippen LogP contribution in [0.2, 0.25) is 0 Å². The molecule has 3 rings (SSSR count). The Labute approximate surface area is 139 Å². The minimum atomic E-state index is -0.287. The van der Waals surface area contributed by atoms with Gasteiger partial charge < -0.3 is 5.32 Å². The van der Waals surface area contributed by atoms with Crippen molar-refractivity contribution < 1.29 is 9.18 Å². The highest BCUT2D eigenvalue weighted by Gasteiger charge is 2.15. The van der Waals surface area contributed by atoms with Gasteiger partial charge in [-0.1, -0.05) is 24.6 Å². The monoisotopic (exact) mass is 333 g/mol. The molecule has 1 heterocycles. The fraction of sp³-hybridized carbons (Fsp3) is 0.412. The number of nitrogens with zero attached hydrogens (tertiary/aromatic N) is 1. The van der Waals surface area contributed by atoms with E-state index in [-0.39, 0.29) is 11.8 Å². The second kappa shape index (κ2) is 7.55. The highest BCUT2D eigenvalue weighted by Crippen LogP contribution is 2.28. The van der Waals surface area contributed by atoms with Gasteiger partial charge in [0.2, 0.25) is 0 Å². The van der Waals surface area contributed by atoms with E-state index < -0.39 is 0 Å². The molecule has 2 N–H and O–H groups in total. The molecular formula is C17H20FN3OS. The summed E-state index contributed by atoms with van der Waals surface area (Å²) < 4.78 is 13.5. The summed E-state index contributed by atoms with van der Waals surface area (Å²) in [5.74, 6) is -0.238. The molecule has 23 heavy (non-hydrogen) atoms. The van der Waals surface area contributed by atoms with E-state index in [9.17, 15) is 9.18 Å². The minimum Gasteiger partial charge on any atom is -0.337 e. The Balaban J connectivity index is 1.49. The first kappa shape index (κ1) is 15.9. The molecule has 1 aliphatic rings. The summed E-state index contributed by atoms with van der Waals surface area (Å²) in [6.45, 7) is 0.387. The summed E-state index contributed by atoms with van der Waals surface area (Å²) in [5, 5.41) is 6.19. The van der Waals surface area contributed by atoms with E-state index >= 15 is 0 Å². The third-order valence-corrected chi connectivity index (χ3v) is 5.03. The summed E-state index contributed by atoms with van der Waals surface area (Å²) >= 11 is 1.57. The van der Waals surface area contributed by atoms with E-state index in [0.29, 0.717) is 23.7 Å². The van der Waals surface area contributed by atoms with Crippen molar-refractivity contribution in [2.24, 2.45) is 0 Å². The lowest BCUT2D eigenvalue weighted by Gasteiger charge is -2.06. The SMILES string of the molecule is O=C(NCCc1ccccc1F)Nc1nc2c(s1)CCCCC2. The molecule has 0 radical (unpaired) electrons. The molecule has 4 nitrogen and oxygen atoms in total. The summed E-state index contributed by atoms with van der Waals surface area (Å²) in [6, 6.07) is 6.32. The van der Waals surface area contributed by atoms with Crippen LogP contribution in [0.4, 0.5) is 14.3 Å². The number of benzene rings is 1. The van der Waals surface area contributed by atoms with Crippen LogP contribution in [0, 0.1) is 5.82 Å². The van der Waals surface area contributed by atoms with Crippen LogP contribution in [-0.2, 0) is 19.3 Å². The number of amides is 2. The zero-order valence-electron chi connectivity index (χ0n) is 12.9. The molecule has 0 fully saturated rings. The number of hydrogen-bond acceptors (Lipinski definition) is 3. The molecule has 0 bridgehead atoms. The molecule has 0 aliphatic heterocycles. The van der Waals surface area contributed by atoms with Gasteiger partial charge in [0.05, 0.1) is 5.69 Å². The predicted molar refractivity (Wildman–Crippen MR) is 90.5 cm³/mol. The number of urea groups is 1. The van der Waals surface area contributed by atoms with E-state index in [1.807, 2.05) is 0 Å². The van der Waals surface area contributed by atoms with Gasteiger partial charge in [-0.3, -0.25) is 5.32 Å². The van der Waals surface area contributed by atoms with Crippen LogP contribution in [0.1, 0.15) is 35.4 Å². The topological polar surface area (TPSA) is 54.0 Å². The normalized spacial score (nSPS) is 14.0. The van der Waals surface area contributed by atoms with Crippen molar-refractivity contribution >= 4 is 22.5 Å². The van der Waals surface area contributed by atoms with Crippen molar-refractivity contribution in [1.82, 2.24) is 10.3 Å². The van der Waals surface area contributed by atoms with E-state index in [4.69, 9.17) is 0 Å². The zero-order valence-corrected chi connectivity index (χ0v) is 13.7. The predicted octanol–water partition coefficient (Wildman–Crippen LogP) is 3.92. The minimum absolute atomic E-state index is 0.238. The number of carbonyl (C=O) groups is 1. The summed E-state index contributed by atoms with van der Waals surface area (Å²) in [4.78, 5) is 17.7. The van der Waals surface area contributed by atoms with Gasteiger partial charge in [-0.15, -0.1) is 11.3 Å². The number of fused-ring (bicyclic) bond motifs is 1. The van der Waals surface area contributed by atoms with E-state index in [1.54, 1.807) is 29.5 Å². The van der Waals surface area contributed by atoms with Crippen molar-refractivity contribution in [2.75, 3.05) is 11.9 Å². The molecule has 1 aromatic carbocycles. The Morgan fingerprint density at radius 1 is 1.22 bits per heavy atom. The number of rotatable bonds is 4. The Bertz CT molecular complexity index is 663. The standard InChI is InChI=1S/C17H20FN3OS/c18-13-7-5-4-6-12(13)10-11-19-16(22)21-17-20-14-8-2-1-3-9-15(14)23-17/h4-7H,1-3,8-11H2,(H2,19,20,21,22). The maximum absolute atomic E-state index is 13.5. The molecule has 6 heteroatoms. The molecule has 0 atom stereocenters. The van der Waals surface area contributed by atoms with Crippen LogP contribution in [-0.4, -0.2) is 17.6 Å².